The molecule has 0 aromatic carbocycles. The van der Waals surface area contributed by atoms with Crippen molar-refractivity contribution in [2.24, 2.45) is 4.99 Å². The number of nitrogens with zero attached hydrogens (tertiary/aromatic N) is 1. The summed E-state index contributed by atoms with van der Waals surface area (Å²) in [4.78, 5) is 7.11. The number of halogens is 1. The molecule has 0 saturated heterocycles. The first-order chi connectivity index (χ1) is 7.19. The Morgan fingerprint density at radius 1 is 1.60 bits per heavy atom. The highest BCUT2D eigenvalue weighted by molar-refractivity contribution is 6.31. The predicted molar refractivity (Wildman–Crippen MR) is 63.5 cm³/mol. The van der Waals surface area contributed by atoms with Crippen molar-refractivity contribution < 1.29 is 0 Å². The molecule has 1 rings (SSSR count). The highest BCUT2D eigenvalue weighted by atomic mass is 35.5. The zero-order valence-corrected chi connectivity index (χ0v) is 9.86. The highest BCUT2D eigenvalue weighted by Crippen LogP contribution is 2.14. The normalized spacial score (nSPS) is 11.8. The van der Waals surface area contributed by atoms with E-state index in [-0.39, 0.29) is 0 Å². The molecule has 3 nitrogen and oxygen atoms in total. The minimum atomic E-state index is 0.712. The van der Waals surface area contributed by atoms with Gasteiger partial charge in [-0.2, -0.15) is 0 Å². The average Bonchev–Trinajstić information content (AvgIpc) is 2.17. The Morgan fingerprint density at radius 2 is 2.33 bits per heavy atom. The lowest BCUT2D eigenvalue weighted by Crippen LogP contribution is -2.16. The number of unbranched alkanes of at least 4 members (excludes halogenated alkanes) is 1. The zero-order valence-electron chi connectivity index (χ0n) is 9.10. The standard InChI is InChI=1S/C11H16ClN3/c1-3-4-5-9-10(12)6-8(2)15-11(9)14-7-13/h6-7H,3-5H2,1-2H3,(H2,13,14,15). The molecule has 1 aromatic heterocycles. The van der Waals surface area contributed by atoms with Gasteiger partial charge in [0.25, 0.3) is 0 Å². The molecule has 0 fully saturated rings. The fourth-order valence-corrected chi connectivity index (χ4v) is 1.80. The minimum Gasteiger partial charge on any atom is -0.344 e. The molecule has 1 heterocycles. The second-order valence-corrected chi connectivity index (χ2v) is 3.90. The second-order valence-electron chi connectivity index (χ2n) is 3.49. The van der Waals surface area contributed by atoms with Gasteiger partial charge in [-0.15, -0.1) is 0 Å². The summed E-state index contributed by atoms with van der Waals surface area (Å²) in [6.07, 6.45) is 4.14. The van der Waals surface area contributed by atoms with Crippen molar-refractivity contribution in [1.29, 1.82) is 5.41 Å². The minimum absolute atomic E-state index is 0.712. The van der Waals surface area contributed by atoms with Crippen LogP contribution in [-0.2, 0) is 6.42 Å². The van der Waals surface area contributed by atoms with Gasteiger partial charge in [-0.25, -0.2) is 4.99 Å². The number of aryl methyl sites for hydroxylation is 1. The van der Waals surface area contributed by atoms with E-state index in [1.54, 1.807) is 0 Å². The summed E-state index contributed by atoms with van der Waals surface area (Å²) in [6, 6.07) is 1.90. The summed E-state index contributed by atoms with van der Waals surface area (Å²) in [5.41, 5.74) is 2.68. The van der Waals surface area contributed by atoms with Crippen LogP contribution in [0.3, 0.4) is 0 Å². The van der Waals surface area contributed by atoms with E-state index in [1.165, 1.54) is 0 Å². The quantitative estimate of drug-likeness (QED) is 0.585. The van der Waals surface area contributed by atoms with E-state index in [4.69, 9.17) is 17.0 Å². The molecule has 2 N–H and O–H groups in total. The Morgan fingerprint density at radius 3 is 2.93 bits per heavy atom. The average molecular weight is 226 g/mol. The maximum atomic E-state index is 7.00. The van der Waals surface area contributed by atoms with Crippen molar-refractivity contribution in [3.8, 4) is 0 Å². The van der Waals surface area contributed by atoms with Gasteiger partial charge in [0.2, 0.25) is 0 Å². The van der Waals surface area contributed by atoms with Crippen molar-refractivity contribution >= 4 is 17.9 Å². The predicted octanol–water partition coefficient (Wildman–Crippen LogP) is 2.83. The maximum absolute atomic E-state index is 7.00. The van der Waals surface area contributed by atoms with Crippen molar-refractivity contribution in [3.63, 3.8) is 0 Å². The van der Waals surface area contributed by atoms with Crippen LogP contribution in [0.1, 0.15) is 31.0 Å². The Bertz CT molecular complexity index is 407. The Hall–Kier alpha value is -1.09. The van der Waals surface area contributed by atoms with E-state index in [9.17, 15) is 0 Å². The molecule has 15 heavy (non-hydrogen) atoms. The third kappa shape index (κ3) is 3.20. The molecule has 1 aromatic rings. The number of aromatic nitrogens is 1. The number of pyridine rings is 1. The fourth-order valence-electron chi connectivity index (χ4n) is 1.45. The van der Waals surface area contributed by atoms with Gasteiger partial charge in [-0.1, -0.05) is 24.9 Å². The number of rotatable bonds is 4. The van der Waals surface area contributed by atoms with Crippen LogP contribution >= 0.6 is 11.6 Å². The number of aromatic amines is 1. The van der Waals surface area contributed by atoms with Crippen LogP contribution in [0, 0.1) is 12.3 Å². The van der Waals surface area contributed by atoms with Crippen molar-refractivity contribution in [1.82, 2.24) is 4.98 Å². The Labute approximate surface area is 94.7 Å². The number of hydrogen-bond donors (Lipinski definition) is 2. The van der Waals surface area contributed by atoms with Crippen LogP contribution in [0.15, 0.2) is 11.1 Å². The van der Waals surface area contributed by atoms with E-state index in [0.29, 0.717) is 5.49 Å². The van der Waals surface area contributed by atoms with E-state index in [2.05, 4.69) is 16.9 Å². The van der Waals surface area contributed by atoms with E-state index >= 15 is 0 Å². The summed E-state index contributed by atoms with van der Waals surface area (Å²) in [5, 5.41) is 7.74. The lowest BCUT2D eigenvalue weighted by atomic mass is 10.1. The van der Waals surface area contributed by atoms with Crippen molar-refractivity contribution in [2.75, 3.05) is 0 Å². The molecule has 0 aliphatic heterocycles. The summed E-state index contributed by atoms with van der Waals surface area (Å²) in [6.45, 7) is 4.07. The smallest absolute Gasteiger partial charge is 0.136 e. The highest BCUT2D eigenvalue weighted by Gasteiger charge is 2.04. The van der Waals surface area contributed by atoms with Crippen LogP contribution in [-0.4, -0.2) is 11.3 Å². The third-order valence-electron chi connectivity index (χ3n) is 2.21. The first-order valence-electron chi connectivity index (χ1n) is 5.10. The number of nitrogens with one attached hydrogen (secondary N) is 2. The molecule has 82 valence electrons. The molecular formula is C11H16ClN3. The monoisotopic (exact) mass is 225 g/mol. The van der Waals surface area contributed by atoms with Crippen LogP contribution in [0.25, 0.3) is 0 Å². The first kappa shape index (κ1) is 12.0. The summed E-state index contributed by atoms with van der Waals surface area (Å²) < 4.78 is 0. The van der Waals surface area contributed by atoms with Gasteiger partial charge in [-0.3, -0.25) is 5.41 Å². The van der Waals surface area contributed by atoms with Gasteiger partial charge in [0.1, 0.15) is 11.8 Å². The molecule has 0 spiro atoms. The largest absolute Gasteiger partial charge is 0.344 e. The third-order valence-corrected chi connectivity index (χ3v) is 2.54. The molecule has 0 radical (unpaired) electrons. The summed E-state index contributed by atoms with van der Waals surface area (Å²) in [7, 11) is 0. The van der Waals surface area contributed by atoms with E-state index in [1.807, 2.05) is 13.0 Å². The first-order valence-corrected chi connectivity index (χ1v) is 5.48. The fraction of sp³-hybridized carbons (Fsp3) is 0.455. The van der Waals surface area contributed by atoms with Gasteiger partial charge in [-0.05, 0) is 25.8 Å². The summed E-state index contributed by atoms with van der Waals surface area (Å²) >= 11 is 6.15. The molecule has 0 saturated carbocycles. The Balaban J connectivity index is 3.21. The number of hydrogen-bond acceptors (Lipinski definition) is 1. The zero-order chi connectivity index (χ0) is 11.3. The maximum Gasteiger partial charge on any atom is 0.136 e. The van der Waals surface area contributed by atoms with Gasteiger partial charge in [0, 0.05) is 16.3 Å². The lowest BCUT2D eigenvalue weighted by molar-refractivity contribution is 0.782. The van der Waals surface area contributed by atoms with Gasteiger partial charge in [0.15, 0.2) is 0 Å². The molecule has 4 heteroatoms. The van der Waals surface area contributed by atoms with Crippen LogP contribution < -0.4 is 5.49 Å². The van der Waals surface area contributed by atoms with Gasteiger partial charge in [0.05, 0.1) is 0 Å². The number of H-pyrrole nitrogens is 1. The van der Waals surface area contributed by atoms with Crippen LogP contribution in [0.4, 0.5) is 0 Å². The van der Waals surface area contributed by atoms with Crippen LogP contribution in [0.5, 0.6) is 0 Å². The van der Waals surface area contributed by atoms with Crippen LogP contribution in [0.2, 0.25) is 5.02 Å². The topological polar surface area (TPSA) is 52.0 Å². The molecule has 0 amide bonds. The van der Waals surface area contributed by atoms with E-state index in [0.717, 1.165) is 41.9 Å². The van der Waals surface area contributed by atoms with Crippen molar-refractivity contribution in [3.05, 3.63) is 27.8 Å². The van der Waals surface area contributed by atoms with Crippen molar-refractivity contribution in [2.45, 2.75) is 33.1 Å². The lowest BCUT2D eigenvalue weighted by Gasteiger charge is -2.05. The SMILES string of the molecule is CCCCc1c(Cl)cc(C)[nH]/c1=N\C=N. The molecule has 0 atom stereocenters. The van der Waals surface area contributed by atoms with E-state index < -0.39 is 0 Å². The second kappa shape index (κ2) is 5.71. The molecule has 0 unspecified atom stereocenters. The molecule has 0 aliphatic carbocycles. The summed E-state index contributed by atoms with van der Waals surface area (Å²) in [5.74, 6) is 0. The van der Waals surface area contributed by atoms with Gasteiger partial charge < -0.3 is 4.98 Å². The Kier molecular flexibility index (Phi) is 4.56. The molecule has 0 bridgehead atoms. The molecular weight excluding hydrogens is 210 g/mol. The van der Waals surface area contributed by atoms with Gasteiger partial charge >= 0.3 is 0 Å². The molecule has 0 aliphatic rings.